The van der Waals surface area contributed by atoms with Crippen LogP contribution in [0.1, 0.15) is 37.2 Å². The summed E-state index contributed by atoms with van der Waals surface area (Å²) in [5.74, 6) is 0.601. The first kappa shape index (κ1) is 20.9. The molecular weight excluding hydrogens is 352 g/mol. The zero-order valence-corrected chi connectivity index (χ0v) is 17.7. The maximum Gasteiger partial charge on any atom is 0.317 e. The molecule has 0 radical (unpaired) electrons. The molecule has 0 aromatic heterocycles. The van der Waals surface area contributed by atoms with Crippen molar-refractivity contribution in [2.45, 2.75) is 31.6 Å². The van der Waals surface area contributed by atoms with Gasteiger partial charge in [-0.1, -0.05) is 6.07 Å². The van der Waals surface area contributed by atoms with Gasteiger partial charge in [0.2, 0.25) is 0 Å². The first-order chi connectivity index (χ1) is 13.5. The fourth-order valence-electron chi connectivity index (χ4n) is 4.76. The number of piperidine rings is 2. The molecule has 0 saturated carbocycles. The lowest BCUT2D eigenvalue weighted by molar-refractivity contribution is -0.138. The molecule has 0 bridgehead atoms. The van der Waals surface area contributed by atoms with E-state index in [1.54, 1.807) is 0 Å². The van der Waals surface area contributed by atoms with Gasteiger partial charge in [0.25, 0.3) is 0 Å². The number of anilines is 2. The van der Waals surface area contributed by atoms with Gasteiger partial charge in [-0.2, -0.15) is 0 Å². The number of aliphatic carboxylic acids is 1. The fourth-order valence-corrected chi connectivity index (χ4v) is 4.76. The number of benzene rings is 1. The fraction of sp³-hybridized carbons (Fsp3) is 0.682. The second kappa shape index (κ2) is 9.61. The molecule has 0 atom stereocenters. The average molecular weight is 389 g/mol. The second-order valence-electron chi connectivity index (χ2n) is 8.66. The van der Waals surface area contributed by atoms with E-state index in [-0.39, 0.29) is 6.54 Å². The SMILES string of the molecule is CNc1ccc(C2CCN(CC(=O)O)CC2)cc1N1CCC(CN(C)C)CC1. The van der Waals surface area contributed by atoms with Crippen molar-refractivity contribution in [1.82, 2.24) is 9.80 Å². The number of carbonyl (C=O) groups is 1. The first-order valence-electron chi connectivity index (χ1n) is 10.6. The van der Waals surface area contributed by atoms with Crippen molar-refractivity contribution in [3.8, 4) is 0 Å². The van der Waals surface area contributed by atoms with Crippen LogP contribution in [-0.2, 0) is 4.79 Å². The molecule has 2 saturated heterocycles. The molecule has 0 spiro atoms. The minimum absolute atomic E-state index is 0.165. The number of carboxylic acid groups (broad SMARTS) is 1. The molecule has 0 amide bonds. The molecule has 0 aliphatic carbocycles. The third-order valence-electron chi connectivity index (χ3n) is 6.29. The Morgan fingerprint density at radius 2 is 1.82 bits per heavy atom. The molecule has 6 heteroatoms. The molecule has 6 nitrogen and oxygen atoms in total. The number of nitrogens with zero attached hydrogens (tertiary/aromatic N) is 3. The largest absolute Gasteiger partial charge is 0.480 e. The van der Waals surface area contributed by atoms with Crippen LogP contribution in [0.25, 0.3) is 0 Å². The number of likely N-dealkylation sites (tertiary alicyclic amines) is 1. The molecule has 2 fully saturated rings. The summed E-state index contributed by atoms with van der Waals surface area (Å²) < 4.78 is 0. The Labute approximate surface area is 169 Å². The monoisotopic (exact) mass is 388 g/mol. The highest BCUT2D eigenvalue weighted by Crippen LogP contribution is 2.36. The van der Waals surface area contributed by atoms with Crippen molar-refractivity contribution in [1.29, 1.82) is 0 Å². The molecule has 156 valence electrons. The van der Waals surface area contributed by atoms with Crippen molar-refractivity contribution in [2.75, 3.05) is 70.6 Å². The predicted molar refractivity (Wildman–Crippen MR) is 116 cm³/mol. The number of rotatable bonds is 7. The van der Waals surface area contributed by atoms with Gasteiger partial charge < -0.3 is 20.2 Å². The number of hydrogen-bond donors (Lipinski definition) is 2. The Bertz CT molecular complexity index is 648. The second-order valence-corrected chi connectivity index (χ2v) is 8.66. The van der Waals surface area contributed by atoms with Crippen LogP contribution in [0.5, 0.6) is 0 Å². The standard InChI is InChI=1S/C22H36N4O2/c1-23-20-5-4-19(18-8-10-25(11-9-18)16-22(27)28)14-21(20)26-12-6-17(7-13-26)15-24(2)3/h4-5,14,17-18,23H,6-13,15-16H2,1-3H3,(H,27,28). The Balaban J connectivity index is 1.65. The molecule has 2 aliphatic heterocycles. The van der Waals surface area contributed by atoms with Crippen LogP contribution in [0.15, 0.2) is 18.2 Å². The van der Waals surface area contributed by atoms with Crippen LogP contribution >= 0.6 is 0 Å². The van der Waals surface area contributed by atoms with Gasteiger partial charge in [-0.15, -0.1) is 0 Å². The van der Waals surface area contributed by atoms with Gasteiger partial charge in [0.15, 0.2) is 0 Å². The van der Waals surface area contributed by atoms with Gasteiger partial charge in [0.1, 0.15) is 0 Å². The van der Waals surface area contributed by atoms with E-state index < -0.39 is 5.97 Å². The Kier molecular flexibility index (Phi) is 7.18. The van der Waals surface area contributed by atoms with Crippen LogP contribution in [0, 0.1) is 5.92 Å². The minimum atomic E-state index is -0.725. The van der Waals surface area contributed by atoms with E-state index in [9.17, 15) is 4.79 Å². The molecule has 3 rings (SSSR count). The molecular formula is C22H36N4O2. The highest BCUT2D eigenvalue weighted by molar-refractivity contribution is 5.71. The van der Waals surface area contributed by atoms with Crippen molar-refractivity contribution < 1.29 is 9.90 Å². The quantitative estimate of drug-likeness (QED) is 0.749. The Morgan fingerprint density at radius 3 is 2.39 bits per heavy atom. The van der Waals surface area contributed by atoms with Gasteiger partial charge in [-0.3, -0.25) is 9.69 Å². The summed E-state index contributed by atoms with van der Waals surface area (Å²) in [6.07, 6.45) is 4.57. The molecule has 28 heavy (non-hydrogen) atoms. The van der Waals surface area contributed by atoms with Crippen LogP contribution < -0.4 is 10.2 Å². The molecule has 1 aromatic rings. The summed E-state index contributed by atoms with van der Waals surface area (Å²) in [6.45, 7) is 5.33. The lowest BCUT2D eigenvalue weighted by Gasteiger charge is -2.36. The number of carboxylic acids is 1. The van der Waals surface area contributed by atoms with Crippen molar-refractivity contribution in [3.63, 3.8) is 0 Å². The molecule has 2 heterocycles. The molecule has 1 aromatic carbocycles. The first-order valence-corrected chi connectivity index (χ1v) is 10.6. The lowest BCUT2D eigenvalue weighted by atomic mass is 9.88. The van der Waals surface area contributed by atoms with Crippen molar-refractivity contribution in [2.24, 2.45) is 5.92 Å². The van der Waals surface area contributed by atoms with Crippen LogP contribution in [0.4, 0.5) is 11.4 Å². The third kappa shape index (κ3) is 5.39. The summed E-state index contributed by atoms with van der Waals surface area (Å²) in [4.78, 5) is 17.8. The van der Waals surface area contributed by atoms with Crippen molar-refractivity contribution in [3.05, 3.63) is 23.8 Å². The summed E-state index contributed by atoms with van der Waals surface area (Å²) in [7, 11) is 6.33. The van der Waals surface area contributed by atoms with E-state index in [4.69, 9.17) is 5.11 Å². The van der Waals surface area contributed by atoms with Crippen LogP contribution in [-0.4, -0.2) is 81.3 Å². The zero-order valence-electron chi connectivity index (χ0n) is 17.7. The topological polar surface area (TPSA) is 59.1 Å². The number of hydrogen-bond acceptors (Lipinski definition) is 5. The van der Waals surface area contributed by atoms with Gasteiger partial charge in [-0.25, -0.2) is 0 Å². The maximum absolute atomic E-state index is 10.9. The summed E-state index contributed by atoms with van der Waals surface area (Å²) in [5.41, 5.74) is 3.94. The Morgan fingerprint density at radius 1 is 1.14 bits per heavy atom. The molecule has 0 unspecified atom stereocenters. The zero-order chi connectivity index (χ0) is 20.1. The van der Waals surface area contributed by atoms with Crippen LogP contribution in [0.3, 0.4) is 0 Å². The maximum atomic E-state index is 10.9. The minimum Gasteiger partial charge on any atom is -0.480 e. The van der Waals surface area contributed by atoms with E-state index in [0.29, 0.717) is 5.92 Å². The van der Waals surface area contributed by atoms with Gasteiger partial charge >= 0.3 is 5.97 Å². The normalized spacial score (nSPS) is 19.9. The highest BCUT2D eigenvalue weighted by Gasteiger charge is 2.25. The predicted octanol–water partition coefficient (Wildman–Crippen LogP) is 2.77. The highest BCUT2D eigenvalue weighted by atomic mass is 16.4. The Hall–Kier alpha value is -1.79. The molecule has 2 aliphatic rings. The third-order valence-corrected chi connectivity index (χ3v) is 6.29. The number of nitrogens with one attached hydrogen (secondary N) is 1. The van der Waals surface area contributed by atoms with Gasteiger partial charge in [0, 0.05) is 26.7 Å². The van der Waals surface area contributed by atoms with E-state index in [1.165, 1.54) is 36.3 Å². The van der Waals surface area contributed by atoms with E-state index in [1.807, 2.05) is 7.05 Å². The van der Waals surface area contributed by atoms with E-state index >= 15 is 0 Å². The van der Waals surface area contributed by atoms with Gasteiger partial charge in [0.05, 0.1) is 17.9 Å². The van der Waals surface area contributed by atoms with Crippen molar-refractivity contribution >= 4 is 17.3 Å². The average Bonchev–Trinajstić information content (AvgIpc) is 2.68. The van der Waals surface area contributed by atoms with E-state index in [2.05, 4.69) is 52.3 Å². The van der Waals surface area contributed by atoms with E-state index in [0.717, 1.165) is 44.9 Å². The van der Waals surface area contributed by atoms with Crippen LogP contribution in [0.2, 0.25) is 0 Å². The van der Waals surface area contributed by atoms with Gasteiger partial charge in [-0.05, 0) is 82.4 Å². The smallest absolute Gasteiger partial charge is 0.317 e. The summed E-state index contributed by atoms with van der Waals surface area (Å²) in [6, 6.07) is 6.86. The molecule has 2 N–H and O–H groups in total. The summed E-state index contributed by atoms with van der Waals surface area (Å²) in [5, 5.41) is 12.4. The lowest BCUT2D eigenvalue weighted by Crippen LogP contribution is -2.38. The summed E-state index contributed by atoms with van der Waals surface area (Å²) >= 11 is 0.